The van der Waals surface area contributed by atoms with Gasteiger partial charge in [0.2, 0.25) is 5.79 Å². The van der Waals surface area contributed by atoms with E-state index in [9.17, 15) is 10.5 Å². The van der Waals surface area contributed by atoms with E-state index in [2.05, 4.69) is 88.4 Å². The van der Waals surface area contributed by atoms with Gasteiger partial charge in [0.15, 0.2) is 0 Å². The van der Waals surface area contributed by atoms with Crippen molar-refractivity contribution in [1.29, 1.82) is 10.5 Å². The molecule has 0 radical (unpaired) electrons. The highest BCUT2D eigenvalue weighted by molar-refractivity contribution is 6.05. The Morgan fingerprint density at radius 1 is 0.917 bits per heavy atom. The number of hydrogen-bond donors (Lipinski definition) is 0. The molecule has 2 aromatic rings. The van der Waals surface area contributed by atoms with E-state index in [1.807, 2.05) is 13.8 Å². The van der Waals surface area contributed by atoms with Gasteiger partial charge in [0.1, 0.15) is 12.1 Å². The number of ether oxygens (including phenoxy) is 2. The maximum Gasteiger partial charge on any atom is 0.284 e. The van der Waals surface area contributed by atoms with E-state index < -0.39 is 16.9 Å². The first-order valence-corrected chi connectivity index (χ1v) is 12.8. The zero-order chi connectivity index (χ0) is 25.9. The van der Waals surface area contributed by atoms with Gasteiger partial charge in [-0.25, -0.2) is 5.01 Å². The molecule has 2 fully saturated rings. The lowest BCUT2D eigenvalue weighted by atomic mass is 9.78. The predicted octanol–water partition coefficient (Wildman–Crippen LogP) is 5.45. The number of benzene rings is 2. The standard InChI is InChI=1S/C30H34N4O2/c1-7-35-30(36-8-2)17-29(23-15-11-21(4)12-16-23)26-24(27(26,5)6)25(22-13-9-20(3)10-14-22)33-34(29)28(30,18-31)19-32/h9-16,24,26H,7-8,17H2,1-6H3/t24-,26+,29?/m1/s1. The third-order valence-corrected chi connectivity index (χ3v) is 8.57. The number of hydrogen-bond acceptors (Lipinski definition) is 6. The van der Waals surface area contributed by atoms with Crippen molar-refractivity contribution in [2.45, 2.75) is 64.8 Å². The Kier molecular flexibility index (Phi) is 5.56. The normalized spacial score (nSPS) is 28.3. The van der Waals surface area contributed by atoms with Crippen molar-refractivity contribution < 1.29 is 9.47 Å². The van der Waals surface area contributed by atoms with E-state index in [0.29, 0.717) is 19.6 Å². The zero-order valence-corrected chi connectivity index (χ0v) is 22.0. The number of fused-ring (bicyclic) bond motifs is 3. The fourth-order valence-corrected chi connectivity index (χ4v) is 6.95. The predicted molar refractivity (Wildman–Crippen MR) is 138 cm³/mol. The van der Waals surface area contributed by atoms with Gasteiger partial charge in [-0.1, -0.05) is 73.5 Å². The molecule has 1 saturated carbocycles. The van der Waals surface area contributed by atoms with Crippen molar-refractivity contribution in [1.82, 2.24) is 5.01 Å². The maximum atomic E-state index is 10.7. The van der Waals surface area contributed by atoms with Crippen LogP contribution in [0.4, 0.5) is 0 Å². The Balaban J connectivity index is 1.84. The topological polar surface area (TPSA) is 81.6 Å². The summed E-state index contributed by atoms with van der Waals surface area (Å²) in [6.07, 6.45) is 0.348. The summed E-state index contributed by atoms with van der Waals surface area (Å²) in [5.74, 6) is -1.15. The van der Waals surface area contributed by atoms with Crippen LogP contribution in [0.1, 0.15) is 56.4 Å². The van der Waals surface area contributed by atoms with Crippen LogP contribution in [0.2, 0.25) is 0 Å². The Morgan fingerprint density at radius 3 is 1.94 bits per heavy atom. The third-order valence-electron chi connectivity index (χ3n) is 8.57. The quantitative estimate of drug-likeness (QED) is 0.512. The molecule has 36 heavy (non-hydrogen) atoms. The van der Waals surface area contributed by atoms with E-state index in [-0.39, 0.29) is 17.3 Å². The van der Waals surface area contributed by atoms with Gasteiger partial charge >= 0.3 is 0 Å². The van der Waals surface area contributed by atoms with Gasteiger partial charge in [-0.05, 0) is 44.2 Å². The summed E-state index contributed by atoms with van der Waals surface area (Å²) in [6.45, 7) is 13.0. The van der Waals surface area contributed by atoms with Crippen LogP contribution in [0.3, 0.4) is 0 Å². The lowest BCUT2D eigenvalue weighted by Crippen LogP contribution is -2.59. The van der Waals surface area contributed by atoms with Crippen molar-refractivity contribution >= 4 is 5.71 Å². The fourth-order valence-electron chi connectivity index (χ4n) is 6.95. The SMILES string of the molecule is CCOC1(OCC)CC2(c3ccc(C)cc3)[C@H]3[C@@H](C(c4ccc(C)cc4)=NN2C1(C#N)C#N)C3(C)C. The highest BCUT2D eigenvalue weighted by atomic mass is 16.7. The first kappa shape index (κ1) is 24.5. The van der Waals surface area contributed by atoms with E-state index in [4.69, 9.17) is 14.6 Å². The van der Waals surface area contributed by atoms with Crippen LogP contribution in [-0.2, 0) is 15.0 Å². The van der Waals surface area contributed by atoms with Crippen molar-refractivity contribution in [2.24, 2.45) is 22.4 Å². The molecule has 1 saturated heterocycles. The molecule has 2 aromatic carbocycles. The molecule has 0 aromatic heterocycles. The fraction of sp³-hybridized carbons (Fsp3) is 0.500. The molecule has 1 unspecified atom stereocenters. The van der Waals surface area contributed by atoms with Crippen LogP contribution < -0.4 is 0 Å². The van der Waals surface area contributed by atoms with Crippen LogP contribution in [0.5, 0.6) is 0 Å². The molecule has 2 heterocycles. The summed E-state index contributed by atoms with van der Waals surface area (Å²) < 4.78 is 12.6. The molecule has 0 bridgehead atoms. The van der Waals surface area contributed by atoms with Gasteiger partial charge in [0, 0.05) is 31.5 Å². The number of nitrogens with zero attached hydrogens (tertiary/aromatic N) is 4. The van der Waals surface area contributed by atoms with Crippen LogP contribution >= 0.6 is 0 Å². The van der Waals surface area contributed by atoms with Gasteiger partial charge in [-0.15, -0.1) is 0 Å². The smallest absolute Gasteiger partial charge is 0.284 e. The average Bonchev–Trinajstić information content (AvgIpc) is 3.35. The van der Waals surface area contributed by atoms with Crippen LogP contribution in [0.15, 0.2) is 53.6 Å². The van der Waals surface area contributed by atoms with Gasteiger partial charge in [0.25, 0.3) is 5.54 Å². The van der Waals surface area contributed by atoms with Gasteiger partial charge in [-0.2, -0.15) is 15.6 Å². The number of aryl methyl sites for hydroxylation is 2. The van der Waals surface area contributed by atoms with E-state index in [1.165, 1.54) is 5.56 Å². The van der Waals surface area contributed by atoms with Crippen molar-refractivity contribution in [2.75, 3.05) is 13.2 Å². The van der Waals surface area contributed by atoms with Gasteiger partial charge < -0.3 is 9.47 Å². The number of rotatable bonds is 6. The number of nitriles is 2. The Bertz CT molecular complexity index is 1260. The minimum absolute atomic E-state index is 0.103. The van der Waals surface area contributed by atoms with Crippen LogP contribution in [-0.4, -0.2) is 35.3 Å². The number of hydrazone groups is 1. The molecule has 6 nitrogen and oxygen atoms in total. The Hall–Kier alpha value is -3.19. The maximum absolute atomic E-state index is 10.7. The largest absolute Gasteiger partial charge is 0.346 e. The molecular weight excluding hydrogens is 448 g/mol. The molecule has 0 spiro atoms. The molecular formula is C30H34N4O2. The third kappa shape index (κ3) is 2.98. The molecule has 3 aliphatic rings. The first-order chi connectivity index (χ1) is 17.2. The molecule has 2 aliphatic heterocycles. The summed E-state index contributed by atoms with van der Waals surface area (Å²) in [4.78, 5) is 0. The summed E-state index contributed by atoms with van der Waals surface area (Å²) in [7, 11) is 0. The zero-order valence-electron chi connectivity index (χ0n) is 22.0. The van der Waals surface area contributed by atoms with Gasteiger partial charge in [0.05, 0.1) is 11.3 Å². The highest BCUT2D eigenvalue weighted by Crippen LogP contribution is 2.75. The molecule has 0 amide bonds. The Morgan fingerprint density at radius 2 is 1.44 bits per heavy atom. The summed E-state index contributed by atoms with van der Waals surface area (Å²) in [5, 5.41) is 28.5. The first-order valence-electron chi connectivity index (χ1n) is 12.8. The summed E-state index contributed by atoms with van der Waals surface area (Å²) >= 11 is 0. The van der Waals surface area contributed by atoms with Gasteiger partial charge in [-0.3, -0.25) is 0 Å². The second-order valence-corrected chi connectivity index (χ2v) is 11.0. The van der Waals surface area contributed by atoms with Crippen molar-refractivity contribution in [3.8, 4) is 12.1 Å². The van der Waals surface area contributed by atoms with Crippen LogP contribution in [0.25, 0.3) is 0 Å². The molecule has 186 valence electrons. The average molecular weight is 483 g/mol. The minimum Gasteiger partial charge on any atom is -0.346 e. The molecule has 5 rings (SSSR count). The molecule has 1 aliphatic carbocycles. The Labute approximate surface area is 214 Å². The second kappa shape index (κ2) is 8.17. The second-order valence-electron chi connectivity index (χ2n) is 11.0. The van der Waals surface area contributed by atoms with E-state index in [1.54, 1.807) is 5.01 Å². The monoisotopic (exact) mass is 482 g/mol. The summed E-state index contributed by atoms with van der Waals surface area (Å²) in [5.41, 5.74) is 2.71. The molecule has 0 N–H and O–H groups in total. The highest BCUT2D eigenvalue weighted by Gasteiger charge is 2.83. The lowest BCUT2D eigenvalue weighted by molar-refractivity contribution is -0.250. The van der Waals surface area contributed by atoms with E-state index in [0.717, 1.165) is 22.4 Å². The van der Waals surface area contributed by atoms with Crippen molar-refractivity contribution in [3.05, 3.63) is 70.8 Å². The van der Waals surface area contributed by atoms with E-state index >= 15 is 0 Å². The van der Waals surface area contributed by atoms with Crippen molar-refractivity contribution in [3.63, 3.8) is 0 Å². The van der Waals surface area contributed by atoms with Crippen LogP contribution in [0, 0.1) is 53.8 Å². The molecule has 6 heteroatoms. The minimum atomic E-state index is -1.76. The molecule has 3 atom stereocenters. The lowest BCUT2D eigenvalue weighted by Gasteiger charge is -2.44. The summed E-state index contributed by atoms with van der Waals surface area (Å²) in [6, 6.07) is 21.5.